The maximum atomic E-state index is 11.7. The Kier molecular flexibility index (Phi) is 2.73. The van der Waals surface area contributed by atoms with Gasteiger partial charge in [-0.2, -0.15) is 0 Å². The molecule has 0 bridgehead atoms. The Morgan fingerprint density at radius 3 is 2.68 bits per heavy atom. The highest BCUT2D eigenvalue weighted by Crippen LogP contribution is 2.34. The summed E-state index contributed by atoms with van der Waals surface area (Å²) in [5, 5.41) is 10.4. The number of imide groups is 1. The fourth-order valence-electron chi connectivity index (χ4n) is 1.87. The average Bonchev–Trinajstić information content (AvgIpc) is 2.82. The quantitative estimate of drug-likeness (QED) is 0.793. The largest absolute Gasteiger partial charge is 0.294 e. The second-order valence-corrected chi connectivity index (χ2v) is 5.51. The minimum absolute atomic E-state index is 0.173. The van der Waals surface area contributed by atoms with E-state index in [4.69, 9.17) is 17.0 Å². The number of carbonyl (C=O) groups is 2. The number of fused-ring (bicyclic) bond motifs is 1. The van der Waals surface area contributed by atoms with Crippen molar-refractivity contribution in [1.82, 2.24) is 5.32 Å². The Morgan fingerprint density at radius 2 is 1.95 bits per heavy atom. The minimum atomic E-state index is -0.656. The highest BCUT2D eigenvalue weighted by Gasteiger charge is 2.30. The van der Waals surface area contributed by atoms with Gasteiger partial charge in [0.15, 0.2) is 0 Å². The predicted octanol–water partition coefficient (Wildman–Crippen LogP) is 2.71. The molecule has 1 aromatic heterocycles. The van der Waals surface area contributed by atoms with Crippen LogP contribution in [0, 0.1) is 5.41 Å². The van der Waals surface area contributed by atoms with E-state index in [1.165, 1.54) is 11.3 Å². The second kappa shape index (κ2) is 4.29. The number of hydrogen-bond acceptors (Lipinski definition) is 4. The summed E-state index contributed by atoms with van der Waals surface area (Å²) in [5.74, 6) is -1.11. The lowest BCUT2D eigenvalue weighted by molar-refractivity contribution is -0.114. The molecule has 1 aromatic carbocycles. The zero-order chi connectivity index (χ0) is 13.6. The van der Waals surface area contributed by atoms with Crippen molar-refractivity contribution < 1.29 is 9.59 Å². The van der Waals surface area contributed by atoms with Gasteiger partial charge in [-0.15, -0.1) is 11.3 Å². The van der Waals surface area contributed by atoms with Crippen LogP contribution in [0.1, 0.15) is 15.2 Å². The fraction of sp³-hybridized carbons (Fsp3) is 0. The molecule has 2 N–H and O–H groups in total. The molecule has 94 valence electrons. The number of benzene rings is 1. The van der Waals surface area contributed by atoms with Gasteiger partial charge in [0.1, 0.15) is 5.71 Å². The summed E-state index contributed by atoms with van der Waals surface area (Å²) in [7, 11) is 0. The van der Waals surface area contributed by atoms with E-state index in [0.717, 1.165) is 10.4 Å². The third-order valence-corrected chi connectivity index (χ3v) is 4.20. The molecule has 1 aliphatic rings. The van der Waals surface area contributed by atoms with Crippen molar-refractivity contribution in [3.8, 4) is 10.4 Å². The van der Waals surface area contributed by atoms with E-state index < -0.39 is 11.8 Å². The lowest BCUT2D eigenvalue weighted by atomic mass is 10.1. The SMILES string of the molecule is N=C1C(=O)NC(=O)c2cc(-c3cccc(Cl)c3)sc21. The number of thiophene rings is 1. The molecular formula is C13H7ClN2O2S. The van der Waals surface area contributed by atoms with Crippen molar-refractivity contribution in [3.63, 3.8) is 0 Å². The van der Waals surface area contributed by atoms with Gasteiger partial charge in [0.2, 0.25) is 0 Å². The lowest BCUT2D eigenvalue weighted by Gasteiger charge is -2.10. The first kappa shape index (κ1) is 12.1. The molecule has 0 radical (unpaired) electrons. The van der Waals surface area contributed by atoms with Crippen molar-refractivity contribution in [2.75, 3.05) is 0 Å². The van der Waals surface area contributed by atoms with Gasteiger partial charge in [-0.3, -0.25) is 20.3 Å². The van der Waals surface area contributed by atoms with Crippen molar-refractivity contribution in [2.45, 2.75) is 0 Å². The summed E-state index contributed by atoms with van der Waals surface area (Å²) in [6.07, 6.45) is 0. The molecule has 2 amide bonds. The number of halogens is 1. The molecule has 1 aliphatic heterocycles. The predicted molar refractivity (Wildman–Crippen MR) is 74.1 cm³/mol. The van der Waals surface area contributed by atoms with Crippen LogP contribution in [-0.2, 0) is 4.79 Å². The van der Waals surface area contributed by atoms with Crippen molar-refractivity contribution >= 4 is 40.5 Å². The molecule has 2 heterocycles. The summed E-state index contributed by atoms with van der Waals surface area (Å²) < 4.78 is 0. The standard InChI is InChI=1S/C13H7ClN2O2S/c14-7-3-1-2-6(4-7)9-5-8-11(19-9)10(15)13(18)16-12(8)17/h1-5,15H,(H,16,17,18). The smallest absolute Gasteiger partial charge is 0.277 e. The van der Waals surface area contributed by atoms with Crippen LogP contribution in [0.25, 0.3) is 10.4 Å². The first-order valence-electron chi connectivity index (χ1n) is 5.40. The van der Waals surface area contributed by atoms with E-state index >= 15 is 0 Å². The Bertz CT molecular complexity index is 736. The van der Waals surface area contributed by atoms with E-state index in [-0.39, 0.29) is 5.71 Å². The number of hydrogen-bond donors (Lipinski definition) is 2. The molecule has 0 atom stereocenters. The molecule has 0 unspecified atom stereocenters. The third-order valence-electron chi connectivity index (χ3n) is 2.77. The molecule has 0 fully saturated rings. The molecule has 3 rings (SSSR count). The lowest BCUT2D eigenvalue weighted by Crippen LogP contribution is -2.41. The zero-order valence-corrected chi connectivity index (χ0v) is 11.1. The Labute approximate surface area is 117 Å². The van der Waals surface area contributed by atoms with Gasteiger partial charge < -0.3 is 0 Å². The van der Waals surface area contributed by atoms with Crippen LogP contribution in [-0.4, -0.2) is 17.5 Å². The van der Waals surface area contributed by atoms with Gasteiger partial charge in [0.25, 0.3) is 11.8 Å². The van der Waals surface area contributed by atoms with Gasteiger partial charge in [0, 0.05) is 9.90 Å². The van der Waals surface area contributed by atoms with Gasteiger partial charge in [-0.1, -0.05) is 23.7 Å². The molecule has 19 heavy (non-hydrogen) atoms. The first-order chi connectivity index (χ1) is 9.06. The summed E-state index contributed by atoms with van der Waals surface area (Å²) >= 11 is 7.18. The van der Waals surface area contributed by atoms with Crippen molar-refractivity contribution in [3.05, 3.63) is 45.8 Å². The van der Waals surface area contributed by atoms with E-state index in [1.807, 2.05) is 12.1 Å². The van der Waals surface area contributed by atoms with E-state index in [9.17, 15) is 9.59 Å². The van der Waals surface area contributed by atoms with Crippen molar-refractivity contribution in [2.24, 2.45) is 0 Å². The summed E-state index contributed by atoms with van der Waals surface area (Å²) in [6.45, 7) is 0. The summed E-state index contributed by atoms with van der Waals surface area (Å²) in [5.41, 5.74) is 1.05. The van der Waals surface area contributed by atoms with E-state index in [1.54, 1.807) is 18.2 Å². The van der Waals surface area contributed by atoms with Crippen LogP contribution in [0.5, 0.6) is 0 Å². The molecule has 0 aliphatic carbocycles. The van der Waals surface area contributed by atoms with Crippen molar-refractivity contribution in [1.29, 1.82) is 5.41 Å². The maximum Gasteiger partial charge on any atom is 0.277 e. The number of amides is 2. The van der Waals surface area contributed by atoms with Crippen LogP contribution >= 0.6 is 22.9 Å². The first-order valence-corrected chi connectivity index (χ1v) is 6.60. The number of nitrogens with one attached hydrogen (secondary N) is 2. The zero-order valence-electron chi connectivity index (χ0n) is 9.49. The molecule has 0 saturated carbocycles. The van der Waals surface area contributed by atoms with Gasteiger partial charge in [-0.25, -0.2) is 0 Å². The molecule has 0 saturated heterocycles. The average molecular weight is 291 g/mol. The minimum Gasteiger partial charge on any atom is -0.294 e. The maximum absolute atomic E-state index is 11.7. The monoisotopic (exact) mass is 290 g/mol. The number of carbonyl (C=O) groups excluding carboxylic acids is 2. The highest BCUT2D eigenvalue weighted by atomic mass is 35.5. The highest BCUT2D eigenvalue weighted by molar-refractivity contribution is 7.18. The molecule has 6 heteroatoms. The van der Waals surface area contributed by atoms with Gasteiger partial charge >= 0.3 is 0 Å². The normalized spacial score (nSPS) is 14.3. The van der Waals surface area contributed by atoms with Gasteiger partial charge in [-0.05, 0) is 23.8 Å². The van der Waals surface area contributed by atoms with E-state index in [2.05, 4.69) is 5.32 Å². The second-order valence-electron chi connectivity index (χ2n) is 4.02. The molecule has 2 aromatic rings. The van der Waals surface area contributed by atoms with Crippen LogP contribution < -0.4 is 5.32 Å². The summed E-state index contributed by atoms with van der Waals surface area (Å²) in [4.78, 5) is 24.3. The number of rotatable bonds is 1. The Balaban J connectivity index is 2.15. The van der Waals surface area contributed by atoms with E-state index in [0.29, 0.717) is 15.5 Å². The Hall–Kier alpha value is -1.98. The van der Waals surface area contributed by atoms with Gasteiger partial charge in [0.05, 0.1) is 10.4 Å². The third kappa shape index (κ3) is 1.97. The summed E-state index contributed by atoms with van der Waals surface area (Å²) in [6, 6.07) is 8.90. The topological polar surface area (TPSA) is 70.0 Å². The van der Waals surface area contributed by atoms with Crippen LogP contribution in [0.2, 0.25) is 5.02 Å². The molecule has 4 nitrogen and oxygen atoms in total. The Morgan fingerprint density at radius 1 is 1.16 bits per heavy atom. The molecular weight excluding hydrogens is 284 g/mol. The van der Waals surface area contributed by atoms with Crippen LogP contribution in [0.4, 0.5) is 0 Å². The fourth-order valence-corrected chi connectivity index (χ4v) is 3.15. The molecule has 0 spiro atoms. The van der Waals surface area contributed by atoms with Crippen LogP contribution in [0.3, 0.4) is 0 Å². The van der Waals surface area contributed by atoms with Crippen LogP contribution in [0.15, 0.2) is 30.3 Å².